The average molecular weight is 352 g/mol. The number of amides is 2. The Kier molecular flexibility index (Phi) is 5.65. The molecule has 6 heteroatoms. The van der Waals surface area contributed by atoms with E-state index in [-0.39, 0.29) is 29.7 Å². The number of nitrogens with one attached hydrogen (secondary N) is 4. The van der Waals surface area contributed by atoms with Crippen LogP contribution in [0.2, 0.25) is 0 Å². The molecular weight excluding hydrogens is 328 g/mol. The Morgan fingerprint density at radius 2 is 1.58 bits per heavy atom. The minimum Gasteiger partial charge on any atom is -0.326 e. The van der Waals surface area contributed by atoms with Crippen molar-refractivity contribution in [2.75, 3.05) is 17.2 Å². The molecular formula is C20H24N4O2. The van der Waals surface area contributed by atoms with E-state index in [0.717, 1.165) is 5.56 Å². The zero-order valence-electron chi connectivity index (χ0n) is 15.0. The van der Waals surface area contributed by atoms with Gasteiger partial charge in [0.15, 0.2) is 0 Å². The van der Waals surface area contributed by atoms with Crippen LogP contribution in [0, 0.1) is 11.8 Å². The number of hydrogen-bond donors (Lipinski definition) is 4. The summed E-state index contributed by atoms with van der Waals surface area (Å²) in [4.78, 5) is 24.4. The van der Waals surface area contributed by atoms with Crippen LogP contribution in [0.15, 0.2) is 54.6 Å². The highest BCUT2D eigenvalue weighted by Gasteiger charge is 2.33. The van der Waals surface area contributed by atoms with E-state index >= 15 is 0 Å². The molecule has 2 atom stereocenters. The lowest BCUT2D eigenvalue weighted by Crippen LogP contribution is -2.29. The smallest absolute Gasteiger partial charge is 0.230 e. The summed E-state index contributed by atoms with van der Waals surface area (Å²) in [7, 11) is 0. The maximum atomic E-state index is 12.7. The molecule has 0 aromatic heterocycles. The van der Waals surface area contributed by atoms with E-state index in [1.165, 1.54) is 0 Å². The van der Waals surface area contributed by atoms with Crippen LogP contribution >= 0.6 is 0 Å². The van der Waals surface area contributed by atoms with Gasteiger partial charge in [0.05, 0.1) is 12.0 Å². The molecule has 2 amide bonds. The van der Waals surface area contributed by atoms with Crippen LogP contribution in [0.5, 0.6) is 0 Å². The van der Waals surface area contributed by atoms with Crippen molar-refractivity contribution in [2.24, 2.45) is 11.8 Å². The summed E-state index contributed by atoms with van der Waals surface area (Å²) < 4.78 is 0. The van der Waals surface area contributed by atoms with Crippen molar-refractivity contribution < 1.29 is 9.59 Å². The van der Waals surface area contributed by atoms with Gasteiger partial charge in [-0.1, -0.05) is 44.2 Å². The summed E-state index contributed by atoms with van der Waals surface area (Å²) in [5.41, 5.74) is 8.74. The van der Waals surface area contributed by atoms with Gasteiger partial charge in [0.1, 0.15) is 0 Å². The Hall–Kier alpha value is -2.70. The van der Waals surface area contributed by atoms with Crippen molar-refractivity contribution in [1.82, 2.24) is 10.9 Å². The minimum absolute atomic E-state index is 0.0319. The summed E-state index contributed by atoms with van der Waals surface area (Å²) in [5.74, 6) is -0.365. The van der Waals surface area contributed by atoms with Gasteiger partial charge in [-0.2, -0.15) is 0 Å². The Balaban J connectivity index is 1.63. The molecule has 6 nitrogen and oxygen atoms in total. The predicted molar refractivity (Wildman–Crippen MR) is 102 cm³/mol. The van der Waals surface area contributed by atoms with Crippen LogP contribution in [0.25, 0.3) is 0 Å². The van der Waals surface area contributed by atoms with Crippen molar-refractivity contribution in [3.63, 3.8) is 0 Å². The molecule has 136 valence electrons. The highest BCUT2D eigenvalue weighted by Crippen LogP contribution is 2.26. The number of hydrazine groups is 1. The fraction of sp³-hybridized carbons (Fsp3) is 0.300. The molecule has 26 heavy (non-hydrogen) atoms. The van der Waals surface area contributed by atoms with E-state index in [1.807, 2.05) is 44.2 Å². The minimum atomic E-state index is -0.210. The largest absolute Gasteiger partial charge is 0.326 e. The van der Waals surface area contributed by atoms with Gasteiger partial charge in [-0.15, -0.1) is 0 Å². The molecule has 1 heterocycles. The zero-order valence-corrected chi connectivity index (χ0v) is 15.0. The van der Waals surface area contributed by atoms with Crippen LogP contribution in [0.3, 0.4) is 0 Å². The van der Waals surface area contributed by atoms with Crippen molar-refractivity contribution in [2.45, 2.75) is 19.9 Å². The second kappa shape index (κ2) is 8.12. The van der Waals surface area contributed by atoms with Crippen LogP contribution in [-0.4, -0.2) is 18.4 Å². The van der Waals surface area contributed by atoms with Gasteiger partial charge in [0, 0.05) is 23.8 Å². The number of carbonyl (C=O) groups excluding carboxylic acids is 2. The Morgan fingerprint density at radius 3 is 2.19 bits per heavy atom. The van der Waals surface area contributed by atoms with E-state index in [9.17, 15) is 9.59 Å². The standard InChI is InChI=1S/C20H24N4O2/c1-13(2)19(25)22-15-8-10-16(11-9-15)23-20(26)17-12-21-24-18(17)14-6-4-3-5-7-14/h3-11,13,17-18,21,24H,12H2,1-2H3,(H,22,25)(H,23,26). The van der Waals surface area contributed by atoms with Gasteiger partial charge in [0.25, 0.3) is 0 Å². The van der Waals surface area contributed by atoms with E-state index in [0.29, 0.717) is 17.9 Å². The summed E-state index contributed by atoms with van der Waals surface area (Å²) in [6.45, 7) is 4.25. The quantitative estimate of drug-likeness (QED) is 0.667. The van der Waals surface area contributed by atoms with Crippen molar-refractivity contribution >= 4 is 23.2 Å². The summed E-state index contributed by atoms with van der Waals surface area (Å²) in [6, 6.07) is 17.0. The van der Waals surface area contributed by atoms with Gasteiger partial charge in [0.2, 0.25) is 11.8 Å². The molecule has 4 N–H and O–H groups in total. The zero-order chi connectivity index (χ0) is 18.5. The SMILES string of the molecule is CC(C)C(=O)Nc1ccc(NC(=O)C2CNNC2c2ccccc2)cc1. The topological polar surface area (TPSA) is 82.3 Å². The second-order valence-electron chi connectivity index (χ2n) is 6.73. The average Bonchev–Trinajstić information content (AvgIpc) is 3.14. The second-order valence-corrected chi connectivity index (χ2v) is 6.73. The molecule has 0 spiro atoms. The van der Waals surface area contributed by atoms with E-state index in [2.05, 4.69) is 21.5 Å². The van der Waals surface area contributed by atoms with Crippen LogP contribution in [-0.2, 0) is 9.59 Å². The molecule has 1 aliphatic heterocycles. The Morgan fingerprint density at radius 1 is 0.962 bits per heavy atom. The van der Waals surface area contributed by atoms with Crippen molar-refractivity contribution in [1.29, 1.82) is 0 Å². The first-order chi connectivity index (χ1) is 12.5. The molecule has 0 radical (unpaired) electrons. The van der Waals surface area contributed by atoms with Gasteiger partial charge >= 0.3 is 0 Å². The van der Waals surface area contributed by atoms with Crippen molar-refractivity contribution in [3.05, 3.63) is 60.2 Å². The van der Waals surface area contributed by atoms with E-state index < -0.39 is 0 Å². The normalized spacial score (nSPS) is 19.3. The molecule has 0 aliphatic carbocycles. The monoisotopic (exact) mass is 352 g/mol. The van der Waals surface area contributed by atoms with Crippen LogP contribution < -0.4 is 21.5 Å². The molecule has 1 saturated heterocycles. The molecule has 1 aliphatic rings. The lowest BCUT2D eigenvalue weighted by atomic mass is 9.94. The van der Waals surface area contributed by atoms with E-state index in [4.69, 9.17) is 0 Å². The molecule has 2 aromatic carbocycles. The molecule has 0 bridgehead atoms. The lowest BCUT2D eigenvalue weighted by molar-refractivity contribution is -0.120. The molecule has 2 aromatic rings. The Labute approximate surface area is 153 Å². The van der Waals surface area contributed by atoms with Crippen LogP contribution in [0.4, 0.5) is 11.4 Å². The predicted octanol–water partition coefficient (Wildman–Crippen LogP) is 2.68. The fourth-order valence-corrected chi connectivity index (χ4v) is 2.88. The number of benzene rings is 2. The van der Waals surface area contributed by atoms with Gasteiger partial charge in [-0.25, -0.2) is 5.43 Å². The number of carbonyl (C=O) groups is 2. The maximum Gasteiger partial charge on any atom is 0.230 e. The van der Waals surface area contributed by atoms with Crippen molar-refractivity contribution in [3.8, 4) is 0 Å². The van der Waals surface area contributed by atoms with Gasteiger partial charge < -0.3 is 10.6 Å². The summed E-state index contributed by atoms with van der Waals surface area (Å²) in [5, 5.41) is 5.79. The number of anilines is 2. The van der Waals surface area contributed by atoms with Crippen LogP contribution in [0.1, 0.15) is 25.5 Å². The summed E-state index contributed by atoms with van der Waals surface area (Å²) in [6.07, 6.45) is 0. The first kappa shape index (κ1) is 18.1. The highest BCUT2D eigenvalue weighted by molar-refractivity contribution is 5.95. The molecule has 0 saturated carbocycles. The maximum absolute atomic E-state index is 12.7. The fourth-order valence-electron chi connectivity index (χ4n) is 2.88. The number of hydrogen-bond acceptors (Lipinski definition) is 4. The summed E-state index contributed by atoms with van der Waals surface area (Å²) >= 11 is 0. The first-order valence-corrected chi connectivity index (χ1v) is 8.79. The molecule has 1 fully saturated rings. The third kappa shape index (κ3) is 4.28. The van der Waals surface area contributed by atoms with Gasteiger partial charge in [-0.05, 0) is 29.8 Å². The molecule has 3 rings (SSSR count). The third-order valence-electron chi connectivity index (χ3n) is 4.42. The molecule has 2 unspecified atom stereocenters. The van der Waals surface area contributed by atoms with E-state index in [1.54, 1.807) is 24.3 Å². The first-order valence-electron chi connectivity index (χ1n) is 8.79. The number of rotatable bonds is 5. The Bertz CT molecular complexity index is 759. The third-order valence-corrected chi connectivity index (χ3v) is 4.42. The highest BCUT2D eigenvalue weighted by atomic mass is 16.2. The van der Waals surface area contributed by atoms with Gasteiger partial charge in [-0.3, -0.25) is 15.0 Å². The lowest BCUT2D eigenvalue weighted by Gasteiger charge is -2.18.